The minimum Gasteiger partial charge on any atom is -0.489 e. The Morgan fingerprint density at radius 2 is 1.72 bits per heavy atom. The van der Waals surface area contributed by atoms with Gasteiger partial charge in [0.25, 0.3) is 0 Å². The second-order valence-electron chi connectivity index (χ2n) is 6.37. The van der Waals surface area contributed by atoms with Crippen LogP contribution in [0.4, 0.5) is 5.69 Å². The molecule has 3 aromatic carbocycles. The average molecular weight is 410 g/mol. The molecule has 150 valence electrons. The number of carbonyl (C=O) groups is 1. The van der Waals surface area contributed by atoms with Crippen molar-refractivity contribution >= 4 is 23.6 Å². The van der Waals surface area contributed by atoms with Crippen LogP contribution in [0.15, 0.2) is 77.7 Å². The van der Waals surface area contributed by atoms with Gasteiger partial charge in [-0.25, -0.2) is 4.79 Å². The number of carbonyl (C=O) groups excluding carboxylic acids is 1. The lowest BCUT2D eigenvalue weighted by Crippen LogP contribution is -2.09. The molecular weight excluding hydrogens is 386 g/mol. The monoisotopic (exact) mass is 409 g/mol. The van der Waals surface area contributed by atoms with Crippen LogP contribution in [-0.2, 0) is 18.0 Å². The van der Waals surface area contributed by atoms with Gasteiger partial charge < -0.3 is 18.9 Å². The van der Waals surface area contributed by atoms with Crippen LogP contribution in [0.1, 0.15) is 21.5 Å². The fourth-order valence-electron chi connectivity index (χ4n) is 2.73. The summed E-state index contributed by atoms with van der Waals surface area (Å²) in [6.45, 7) is 0.376. The first kappa shape index (κ1) is 20.8. The molecular formula is C23H23NO4S. The van der Waals surface area contributed by atoms with Crippen LogP contribution in [0.3, 0.4) is 0 Å². The van der Waals surface area contributed by atoms with Crippen molar-refractivity contribution in [3.05, 3.63) is 89.5 Å². The van der Waals surface area contributed by atoms with Crippen molar-refractivity contribution in [2.45, 2.75) is 18.1 Å². The SMILES string of the molecule is COC(=O)c1cc(CO)cc(N(C)Sc2ccc(OCc3ccccc3)cc2)c1. The second kappa shape index (κ2) is 10.0. The highest BCUT2D eigenvalue weighted by Crippen LogP contribution is 2.30. The maximum Gasteiger partial charge on any atom is 0.337 e. The molecule has 0 aliphatic heterocycles. The summed E-state index contributed by atoms with van der Waals surface area (Å²) in [7, 11) is 3.25. The molecule has 0 saturated carbocycles. The van der Waals surface area contributed by atoms with Crippen LogP contribution in [0.25, 0.3) is 0 Å². The number of anilines is 1. The third-order valence-corrected chi connectivity index (χ3v) is 5.23. The van der Waals surface area contributed by atoms with E-state index in [0.29, 0.717) is 17.7 Å². The Labute approximate surface area is 175 Å². The quantitative estimate of drug-likeness (QED) is 0.430. The van der Waals surface area contributed by atoms with Crippen LogP contribution in [0.5, 0.6) is 5.75 Å². The topological polar surface area (TPSA) is 59.0 Å². The second-order valence-corrected chi connectivity index (χ2v) is 7.57. The molecule has 0 fully saturated rings. The number of esters is 1. The number of hydrogen-bond acceptors (Lipinski definition) is 6. The van der Waals surface area contributed by atoms with Gasteiger partial charge in [-0.2, -0.15) is 0 Å². The Kier molecular flexibility index (Phi) is 7.16. The van der Waals surface area contributed by atoms with Gasteiger partial charge in [-0.1, -0.05) is 30.3 Å². The molecule has 0 bridgehead atoms. The van der Waals surface area contributed by atoms with E-state index in [1.54, 1.807) is 12.1 Å². The Bertz CT molecular complexity index is 945. The van der Waals surface area contributed by atoms with E-state index in [9.17, 15) is 9.90 Å². The van der Waals surface area contributed by atoms with Gasteiger partial charge >= 0.3 is 5.97 Å². The third-order valence-electron chi connectivity index (χ3n) is 4.26. The molecule has 29 heavy (non-hydrogen) atoms. The molecule has 6 heteroatoms. The molecule has 0 saturated heterocycles. The largest absolute Gasteiger partial charge is 0.489 e. The summed E-state index contributed by atoms with van der Waals surface area (Å²) in [4.78, 5) is 12.9. The van der Waals surface area contributed by atoms with Gasteiger partial charge in [0.1, 0.15) is 12.4 Å². The molecule has 3 aromatic rings. The smallest absolute Gasteiger partial charge is 0.337 e. The van der Waals surface area contributed by atoms with Crippen molar-refractivity contribution in [1.82, 2.24) is 0 Å². The zero-order valence-electron chi connectivity index (χ0n) is 16.4. The summed E-state index contributed by atoms with van der Waals surface area (Å²) in [6.07, 6.45) is 0. The Hall–Kier alpha value is -2.96. The molecule has 0 aliphatic carbocycles. The standard InChI is InChI=1S/C23H23NO4S/c1-24(20-13-18(15-25)12-19(14-20)23(26)27-2)29-22-10-8-21(9-11-22)28-16-17-6-4-3-5-7-17/h3-14,25H,15-16H2,1-2H3. The van der Waals surface area contributed by atoms with Gasteiger partial charge in [-0.3, -0.25) is 0 Å². The van der Waals surface area contributed by atoms with E-state index >= 15 is 0 Å². The van der Waals surface area contributed by atoms with Crippen molar-refractivity contribution in [3.63, 3.8) is 0 Å². The van der Waals surface area contributed by atoms with Gasteiger partial charge in [0.2, 0.25) is 0 Å². The van der Waals surface area contributed by atoms with Gasteiger partial charge in [0.15, 0.2) is 0 Å². The fourth-order valence-corrected chi connectivity index (χ4v) is 3.52. The van der Waals surface area contributed by atoms with Gasteiger partial charge in [0, 0.05) is 17.6 Å². The minimum atomic E-state index is -0.431. The van der Waals surface area contributed by atoms with Crippen molar-refractivity contribution in [1.29, 1.82) is 0 Å². The predicted molar refractivity (Wildman–Crippen MR) is 115 cm³/mol. The normalized spacial score (nSPS) is 10.4. The number of aliphatic hydroxyl groups is 1. The minimum absolute atomic E-state index is 0.149. The maximum absolute atomic E-state index is 11.9. The molecule has 0 aliphatic rings. The Balaban J connectivity index is 1.66. The number of ether oxygens (including phenoxy) is 2. The summed E-state index contributed by atoms with van der Waals surface area (Å²) in [5.41, 5.74) is 2.98. The molecule has 5 nitrogen and oxygen atoms in total. The lowest BCUT2D eigenvalue weighted by Gasteiger charge is -2.19. The van der Waals surface area contributed by atoms with E-state index in [0.717, 1.165) is 21.9 Å². The van der Waals surface area contributed by atoms with Crippen molar-refractivity contribution in [2.75, 3.05) is 18.5 Å². The van der Waals surface area contributed by atoms with Crippen LogP contribution < -0.4 is 9.04 Å². The molecule has 0 spiro atoms. The number of nitrogens with zero attached hydrogens (tertiary/aromatic N) is 1. The third kappa shape index (κ3) is 5.76. The van der Waals surface area contributed by atoms with Crippen LogP contribution in [0, 0.1) is 0 Å². The summed E-state index contributed by atoms with van der Waals surface area (Å²) in [5.74, 6) is 0.371. The van der Waals surface area contributed by atoms with Crippen molar-refractivity contribution < 1.29 is 19.4 Å². The molecule has 0 heterocycles. The van der Waals surface area contributed by atoms with E-state index in [1.807, 2.05) is 72.0 Å². The number of rotatable bonds is 8. The molecule has 0 amide bonds. The highest BCUT2D eigenvalue weighted by molar-refractivity contribution is 8.00. The zero-order chi connectivity index (χ0) is 20.6. The molecule has 0 aromatic heterocycles. The summed E-state index contributed by atoms with van der Waals surface area (Å²) < 4.78 is 12.6. The molecule has 0 radical (unpaired) electrons. The molecule has 3 rings (SSSR count). The fraction of sp³-hybridized carbons (Fsp3) is 0.174. The van der Waals surface area contributed by atoms with E-state index in [4.69, 9.17) is 9.47 Å². The van der Waals surface area contributed by atoms with E-state index < -0.39 is 5.97 Å². The number of benzene rings is 3. The van der Waals surface area contributed by atoms with Crippen LogP contribution >= 0.6 is 11.9 Å². The first-order chi connectivity index (χ1) is 14.1. The summed E-state index contributed by atoms with van der Waals surface area (Å²) >= 11 is 1.51. The maximum atomic E-state index is 11.9. The van der Waals surface area contributed by atoms with E-state index in [2.05, 4.69) is 0 Å². The highest BCUT2D eigenvalue weighted by Gasteiger charge is 2.12. The number of hydrogen-bond donors (Lipinski definition) is 1. The van der Waals surface area contributed by atoms with E-state index in [-0.39, 0.29) is 6.61 Å². The lowest BCUT2D eigenvalue weighted by molar-refractivity contribution is 0.0600. The van der Waals surface area contributed by atoms with Crippen LogP contribution in [-0.4, -0.2) is 25.2 Å². The molecule has 0 atom stereocenters. The Morgan fingerprint density at radius 3 is 2.38 bits per heavy atom. The highest BCUT2D eigenvalue weighted by atomic mass is 32.2. The average Bonchev–Trinajstić information content (AvgIpc) is 2.78. The molecule has 1 N–H and O–H groups in total. The van der Waals surface area contributed by atoms with Gasteiger partial charge in [-0.15, -0.1) is 0 Å². The van der Waals surface area contributed by atoms with Crippen molar-refractivity contribution in [3.8, 4) is 5.75 Å². The number of methoxy groups -OCH3 is 1. The predicted octanol–water partition coefficient (Wildman–Crippen LogP) is 4.69. The summed E-state index contributed by atoms with van der Waals surface area (Å²) in [6, 6.07) is 23.1. The molecule has 0 unspecified atom stereocenters. The number of aliphatic hydroxyl groups excluding tert-OH is 1. The van der Waals surface area contributed by atoms with Gasteiger partial charge in [-0.05, 0) is 65.5 Å². The lowest BCUT2D eigenvalue weighted by atomic mass is 10.1. The first-order valence-corrected chi connectivity index (χ1v) is 9.88. The van der Waals surface area contributed by atoms with E-state index in [1.165, 1.54) is 19.1 Å². The zero-order valence-corrected chi connectivity index (χ0v) is 17.2. The van der Waals surface area contributed by atoms with Crippen LogP contribution in [0.2, 0.25) is 0 Å². The first-order valence-electron chi connectivity index (χ1n) is 9.10. The Morgan fingerprint density at radius 1 is 1.00 bits per heavy atom. The van der Waals surface area contributed by atoms with Crippen molar-refractivity contribution in [2.24, 2.45) is 0 Å². The summed E-state index contributed by atoms with van der Waals surface area (Å²) in [5, 5.41) is 9.48. The van der Waals surface area contributed by atoms with Gasteiger partial charge in [0.05, 0.1) is 19.3 Å².